The lowest BCUT2D eigenvalue weighted by atomic mass is 10.2. The van der Waals surface area contributed by atoms with Gasteiger partial charge in [-0.2, -0.15) is 9.61 Å². The SMILES string of the molecule is Cc1ccc(CSc2ccc3nnc(-c4cccs4)n3n2)cc1. The van der Waals surface area contributed by atoms with E-state index < -0.39 is 0 Å². The van der Waals surface area contributed by atoms with Crippen LogP contribution in [-0.4, -0.2) is 19.8 Å². The molecule has 1 aromatic carbocycles. The maximum atomic E-state index is 4.69. The van der Waals surface area contributed by atoms with E-state index in [1.165, 1.54) is 11.1 Å². The first-order chi connectivity index (χ1) is 11.3. The normalized spacial score (nSPS) is 11.2. The molecule has 114 valence electrons. The minimum atomic E-state index is 0.771. The monoisotopic (exact) mass is 338 g/mol. The second-order valence-corrected chi connectivity index (χ2v) is 7.16. The number of rotatable bonds is 4. The fourth-order valence-corrected chi connectivity index (χ4v) is 3.75. The molecule has 0 N–H and O–H groups in total. The Morgan fingerprint density at radius 1 is 1.04 bits per heavy atom. The summed E-state index contributed by atoms with van der Waals surface area (Å²) in [5.41, 5.74) is 3.35. The van der Waals surface area contributed by atoms with Gasteiger partial charge in [-0.15, -0.1) is 21.5 Å². The predicted octanol–water partition coefficient (Wildman–Crippen LogP) is 4.45. The van der Waals surface area contributed by atoms with E-state index in [9.17, 15) is 0 Å². The quantitative estimate of drug-likeness (QED) is 0.516. The molecule has 6 heteroatoms. The fraction of sp³-hybridized carbons (Fsp3) is 0.118. The molecule has 0 saturated carbocycles. The Morgan fingerprint density at radius 2 is 1.91 bits per heavy atom. The molecule has 0 radical (unpaired) electrons. The van der Waals surface area contributed by atoms with Crippen molar-refractivity contribution in [2.24, 2.45) is 0 Å². The van der Waals surface area contributed by atoms with Gasteiger partial charge in [0.05, 0.1) is 4.88 Å². The molecule has 0 atom stereocenters. The number of hydrogen-bond donors (Lipinski definition) is 0. The molecule has 3 aromatic heterocycles. The third kappa shape index (κ3) is 3.00. The van der Waals surface area contributed by atoms with E-state index in [0.29, 0.717) is 0 Å². The zero-order valence-corrected chi connectivity index (χ0v) is 14.1. The third-order valence-electron chi connectivity index (χ3n) is 3.49. The predicted molar refractivity (Wildman–Crippen MR) is 94.8 cm³/mol. The molecule has 0 bridgehead atoms. The maximum absolute atomic E-state index is 4.69. The van der Waals surface area contributed by atoms with Gasteiger partial charge in [0, 0.05) is 5.75 Å². The Balaban J connectivity index is 1.60. The van der Waals surface area contributed by atoms with E-state index in [4.69, 9.17) is 0 Å². The first kappa shape index (κ1) is 14.4. The molecule has 23 heavy (non-hydrogen) atoms. The van der Waals surface area contributed by atoms with E-state index >= 15 is 0 Å². The molecule has 0 spiro atoms. The molecule has 4 aromatic rings. The largest absolute Gasteiger partial charge is 0.195 e. The average Bonchev–Trinajstić information content (AvgIpc) is 3.23. The van der Waals surface area contributed by atoms with Crippen LogP contribution in [0.5, 0.6) is 0 Å². The number of aromatic nitrogens is 4. The Hall–Kier alpha value is -2.18. The zero-order valence-electron chi connectivity index (χ0n) is 12.5. The van der Waals surface area contributed by atoms with Crippen molar-refractivity contribution in [3.8, 4) is 10.7 Å². The smallest absolute Gasteiger partial charge is 0.191 e. The summed E-state index contributed by atoms with van der Waals surface area (Å²) in [4.78, 5) is 1.07. The number of hydrogen-bond acceptors (Lipinski definition) is 5. The van der Waals surface area contributed by atoms with Crippen LogP contribution < -0.4 is 0 Å². The van der Waals surface area contributed by atoms with Crippen molar-refractivity contribution < 1.29 is 0 Å². The minimum absolute atomic E-state index is 0.771. The molecule has 0 unspecified atom stereocenters. The number of fused-ring (bicyclic) bond motifs is 1. The van der Waals surface area contributed by atoms with Crippen molar-refractivity contribution in [2.45, 2.75) is 17.7 Å². The van der Waals surface area contributed by atoms with Gasteiger partial charge >= 0.3 is 0 Å². The van der Waals surface area contributed by atoms with Gasteiger partial charge in [0.2, 0.25) is 0 Å². The average molecular weight is 338 g/mol. The highest BCUT2D eigenvalue weighted by Gasteiger charge is 2.10. The fourth-order valence-electron chi connectivity index (χ4n) is 2.25. The van der Waals surface area contributed by atoms with Crippen LogP contribution in [0.25, 0.3) is 16.3 Å². The highest BCUT2D eigenvalue weighted by molar-refractivity contribution is 7.98. The summed E-state index contributed by atoms with van der Waals surface area (Å²) in [7, 11) is 0. The van der Waals surface area contributed by atoms with E-state index in [1.54, 1.807) is 23.1 Å². The zero-order chi connectivity index (χ0) is 15.6. The summed E-state index contributed by atoms with van der Waals surface area (Å²) >= 11 is 3.36. The summed E-state index contributed by atoms with van der Waals surface area (Å²) in [6.45, 7) is 2.10. The number of thiophene rings is 1. The second-order valence-electron chi connectivity index (χ2n) is 5.22. The summed E-state index contributed by atoms with van der Waals surface area (Å²) in [5.74, 6) is 1.70. The first-order valence-electron chi connectivity index (χ1n) is 7.24. The van der Waals surface area contributed by atoms with Gasteiger partial charge in [-0.1, -0.05) is 47.7 Å². The van der Waals surface area contributed by atoms with Crippen LogP contribution in [0.1, 0.15) is 11.1 Å². The molecule has 3 heterocycles. The molecule has 4 nitrogen and oxygen atoms in total. The third-order valence-corrected chi connectivity index (χ3v) is 5.34. The van der Waals surface area contributed by atoms with E-state index in [2.05, 4.69) is 46.5 Å². The van der Waals surface area contributed by atoms with Gasteiger partial charge in [0.25, 0.3) is 0 Å². The van der Waals surface area contributed by atoms with Gasteiger partial charge in [0.1, 0.15) is 5.03 Å². The molecule has 0 aliphatic heterocycles. The lowest BCUT2D eigenvalue weighted by Crippen LogP contribution is -1.95. The van der Waals surface area contributed by atoms with E-state index in [-0.39, 0.29) is 0 Å². The van der Waals surface area contributed by atoms with Crippen LogP contribution in [0.4, 0.5) is 0 Å². The summed E-state index contributed by atoms with van der Waals surface area (Å²) in [6.07, 6.45) is 0. The second kappa shape index (κ2) is 6.14. The molecular formula is C17H14N4S2. The molecule has 0 saturated heterocycles. The van der Waals surface area contributed by atoms with Crippen LogP contribution in [0.2, 0.25) is 0 Å². The Labute approximate surface area is 142 Å². The molecular weight excluding hydrogens is 324 g/mol. The van der Waals surface area contributed by atoms with Crippen molar-refractivity contribution in [3.63, 3.8) is 0 Å². The van der Waals surface area contributed by atoms with Gasteiger partial charge in [-0.25, -0.2) is 0 Å². The topological polar surface area (TPSA) is 43.1 Å². The highest BCUT2D eigenvalue weighted by atomic mass is 32.2. The van der Waals surface area contributed by atoms with Crippen molar-refractivity contribution in [2.75, 3.05) is 0 Å². The molecule has 0 amide bonds. The molecule has 0 aliphatic carbocycles. The van der Waals surface area contributed by atoms with Gasteiger partial charge in [0.15, 0.2) is 11.5 Å². The number of thioether (sulfide) groups is 1. The Bertz CT molecular complexity index is 927. The summed E-state index contributed by atoms with van der Waals surface area (Å²) < 4.78 is 1.82. The van der Waals surface area contributed by atoms with Crippen molar-refractivity contribution in [1.29, 1.82) is 0 Å². The molecule has 4 rings (SSSR count). The Morgan fingerprint density at radius 3 is 2.70 bits per heavy atom. The first-order valence-corrected chi connectivity index (χ1v) is 9.11. The van der Waals surface area contributed by atoms with Crippen LogP contribution in [0, 0.1) is 6.92 Å². The van der Waals surface area contributed by atoms with Crippen LogP contribution in [-0.2, 0) is 5.75 Å². The lowest BCUT2D eigenvalue weighted by Gasteiger charge is -2.03. The van der Waals surface area contributed by atoms with E-state index in [1.807, 2.05) is 34.2 Å². The van der Waals surface area contributed by atoms with Crippen LogP contribution in [0.3, 0.4) is 0 Å². The van der Waals surface area contributed by atoms with E-state index in [0.717, 1.165) is 27.1 Å². The standard InChI is InChI=1S/C17H14N4S2/c1-12-4-6-13(7-5-12)11-23-16-9-8-15-18-19-17(21(15)20-16)14-3-2-10-22-14/h2-10H,11H2,1H3. The molecule has 0 fully saturated rings. The maximum Gasteiger partial charge on any atom is 0.195 e. The van der Waals surface area contributed by atoms with Crippen molar-refractivity contribution in [1.82, 2.24) is 19.8 Å². The van der Waals surface area contributed by atoms with Crippen molar-refractivity contribution in [3.05, 3.63) is 65.0 Å². The number of benzene rings is 1. The number of aryl methyl sites for hydroxylation is 1. The van der Waals surface area contributed by atoms with Crippen LogP contribution in [0.15, 0.2) is 58.9 Å². The molecule has 0 aliphatic rings. The minimum Gasteiger partial charge on any atom is -0.191 e. The summed E-state index contributed by atoms with van der Waals surface area (Å²) in [6, 6.07) is 16.6. The Kier molecular flexibility index (Phi) is 3.85. The van der Waals surface area contributed by atoms with Gasteiger partial charge in [-0.05, 0) is 36.1 Å². The van der Waals surface area contributed by atoms with Crippen molar-refractivity contribution >= 4 is 28.7 Å². The van der Waals surface area contributed by atoms with Gasteiger partial charge in [-0.3, -0.25) is 0 Å². The highest BCUT2D eigenvalue weighted by Crippen LogP contribution is 2.25. The lowest BCUT2D eigenvalue weighted by molar-refractivity contribution is 0.862. The number of nitrogens with zero attached hydrogens (tertiary/aromatic N) is 4. The summed E-state index contributed by atoms with van der Waals surface area (Å²) in [5, 5.41) is 16.1. The van der Waals surface area contributed by atoms with Gasteiger partial charge < -0.3 is 0 Å². The van der Waals surface area contributed by atoms with Crippen LogP contribution >= 0.6 is 23.1 Å².